The molecule has 180 valence electrons. The number of carbonyl (C=O) groups is 3. The van der Waals surface area contributed by atoms with Gasteiger partial charge in [-0.25, -0.2) is 5.43 Å². The quantitative estimate of drug-likeness (QED) is 0.262. The number of hydrazone groups is 1. The molecule has 0 unspecified atom stereocenters. The summed E-state index contributed by atoms with van der Waals surface area (Å²) in [5, 5.41) is 9.28. The zero-order valence-corrected chi connectivity index (χ0v) is 19.9. The van der Waals surface area contributed by atoms with Gasteiger partial charge in [0.2, 0.25) is 0 Å². The highest BCUT2D eigenvalue weighted by molar-refractivity contribution is 6.39. The fourth-order valence-corrected chi connectivity index (χ4v) is 3.33. The molecule has 0 saturated carbocycles. The van der Waals surface area contributed by atoms with Crippen molar-refractivity contribution in [3.05, 3.63) is 89.0 Å². The first kappa shape index (κ1) is 25.2. The van der Waals surface area contributed by atoms with Gasteiger partial charge >= 0.3 is 11.8 Å². The lowest BCUT2D eigenvalue weighted by atomic mass is 10.1. The van der Waals surface area contributed by atoms with Gasteiger partial charge in [0.25, 0.3) is 5.91 Å². The molecule has 8 heteroatoms. The number of hydrogen-bond acceptors (Lipinski definition) is 5. The lowest BCUT2D eigenvalue weighted by Crippen LogP contribution is -2.32. The average molecular weight is 473 g/mol. The number of hydrogen-bond donors (Lipinski definition) is 3. The Balaban J connectivity index is 1.46. The number of rotatable bonds is 8. The maximum atomic E-state index is 12.2. The van der Waals surface area contributed by atoms with Gasteiger partial charge in [-0.05, 0) is 72.9 Å². The van der Waals surface area contributed by atoms with E-state index in [1.807, 2.05) is 63.2 Å². The molecule has 0 atom stereocenters. The van der Waals surface area contributed by atoms with Crippen molar-refractivity contribution in [2.45, 2.75) is 27.2 Å². The number of ether oxygens (including phenoxy) is 1. The van der Waals surface area contributed by atoms with Crippen LogP contribution in [-0.4, -0.2) is 30.5 Å². The summed E-state index contributed by atoms with van der Waals surface area (Å²) in [5.74, 6) is -1.42. The van der Waals surface area contributed by atoms with Crippen molar-refractivity contribution in [2.24, 2.45) is 5.10 Å². The molecule has 3 amide bonds. The number of aryl methyl sites for hydroxylation is 3. The number of amides is 3. The number of carbonyl (C=O) groups excluding carboxylic acids is 3. The normalized spacial score (nSPS) is 10.6. The molecule has 8 nitrogen and oxygen atoms in total. The van der Waals surface area contributed by atoms with E-state index in [0.29, 0.717) is 17.0 Å². The number of para-hydroxylation sites is 2. The van der Waals surface area contributed by atoms with Gasteiger partial charge in [0.05, 0.1) is 6.21 Å². The van der Waals surface area contributed by atoms with Crippen molar-refractivity contribution in [3.63, 3.8) is 0 Å². The smallest absolute Gasteiger partial charge is 0.329 e. The van der Waals surface area contributed by atoms with Crippen LogP contribution in [0.15, 0.2) is 71.8 Å². The summed E-state index contributed by atoms with van der Waals surface area (Å²) in [6.45, 7) is 5.60. The van der Waals surface area contributed by atoms with Crippen molar-refractivity contribution in [3.8, 4) is 5.75 Å². The zero-order chi connectivity index (χ0) is 25.2. The fourth-order valence-electron chi connectivity index (χ4n) is 3.33. The molecule has 0 radical (unpaired) electrons. The van der Waals surface area contributed by atoms with E-state index < -0.39 is 11.8 Å². The molecule has 0 aromatic heterocycles. The van der Waals surface area contributed by atoms with Crippen LogP contribution in [0.3, 0.4) is 0 Å². The van der Waals surface area contributed by atoms with Crippen molar-refractivity contribution in [1.29, 1.82) is 0 Å². The molecule has 3 N–H and O–H groups in total. The van der Waals surface area contributed by atoms with Crippen LogP contribution in [0.4, 0.5) is 11.4 Å². The summed E-state index contributed by atoms with van der Waals surface area (Å²) in [6, 6.07) is 20.0. The highest BCUT2D eigenvalue weighted by Crippen LogP contribution is 2.19. The Morgan fingerprint density at radius 3 is 2.23 bits per heavy atom. The van der Waals surface area contributed by atoms with Crippen LogP contribution in [0.1, 0.15) is 29.2 Å². The first-order valence-electron chi connectivity index (χ1n) is 11.2. The molecule has 35 heavy (non-hydrogen) atoms. The maximum absolute atomic E-state index is 12.2. The second-order valence-corrected chi connectivity index (χ2v) is 7.84. The van der Waals surface area contributed by atoms with E-state index in [1.54, 1.807) is 24.3 Å². The monoisotopic (exact) mass is 472 g/mol. The van der Waals surface area contributed by atoms with Gasteiger partial charge in [-0.1, -0.05) is 43.3 Å². The van der Waals surface area contributed by atoms with Crippen LogP contribution < -0.4 is 20.8 Å². The summed E-state index contributed by atoms with van der Waals surface area (Å²) in [6.07, 6.45) is 2.22. The predicted molar refractivity (Wildman–Crippen MR) is 137 cm³/mol. The van der Waals surface area contributed by atoms with Gasteiger partial charge in [-0.15, -0.1) is 0 Å². The van der Waals surface area contributed by atoms with E-state index >= 15 is 0 Å². The van der Waals surface area contributed by atoms with Crippen LogP contribution in [0.5, 0.6) is 5.75 Å². The topological polar surface area (TPSA) is 109 Å². The Hall–Kier alpha value is -4.46. The number of nitrogens with zero attached hydrogens (tertiary/aromatic N) is 1. The molecular weight excluding hydrogens is 444 g/mol. The molecule has 0 bridgehead atoms. The summed E-state index contributed by atoms with van der Waals surface area (Å²) in [5.41, 5.74) is 7.05. The third kappa shape index (κ3) is 7.26. The molecule has 0 aliphatic heterocycles. The summed E-state index contributed by atoms with van der Waals surface area (Å²) in [4.78, 5) is 36.4. The van der Waals surface area contributed by atoms with E-state index in [9.17, 15) is 14.4 Å². The molecule has 0 spiro atoms. The fraction of sp³-hybridized carbons (Fsp3) is 0.185. The largest absolute Gasteiger partial charge is 0.484 e. The lowest BCUT2D eigenvalue weighted by molar-refractivity contribution is -0.136. The minimum atomic E-state index is -0.875. The first-order valence-corrected chi connectivity index (χ1v) is 11.2. The molecule has 3 aromatic carbocycles. The Morgan fingerprint density at radius 2 is 1.54 bits per heavy atom. The Bertz CT molecular complexity index is 1220. The Kier molecular flexibility index (Phi) is 8.72. The van der Waals surface area contributed by atoms with E-state index in [2.05, 4.69) is 21.2 Å². The summed E-state index contributed by atoms with van der Waals surface area (Å²) >= 11 is 0. The molecule has 3 aromatic rings. The van der Waals surface area contributed by atoms with E-state index in [0.717, 1.165) is 28.8 Å². The van der Waals surface area contributed by atoms with Gasteiger partial charge in [-0.3, -0.25) is 14.4 Å². The lowest BCUT2D eigenvalue weighted by Gasteiger charge is -2.10. The minimum Gasteiger partial charge on any atom is -0.484 e. The van der Waals surface area contributed by atoms with Gasteiger partial charge in [0, 0.05) is 11.4 Å². The van der Waals surface area contributed by atoms with E-state index in [1.165, 1.54) is 6.21 Å². The van der Waals surface area contributed by atoms with Crippen molar-refractivity contribution in [2.75, 3.05) is 17.2 Å². The standard InChI is InChI=1S/C27H28N4O4/c1-4-21-10-5-6-11-23(21)29-24(32)17-35-22-14-12-20(13-15-22)16-28-31-27(34)26(33)30-25-18(2)8-7-9-19(25)3/h5-16H,4,17H2,1-3H3,(H,29,32)(H,30,33)(H,31,34)/b28-16-. The second-order valence-electron chi connectivity index (χ2n) is 7.84. The van der Waals surface area contributed by atoms with Gasteiger partial charge in [0.15, 0.2) is 6.61 Å². The zero-order valence-electron chi connectivity index (χ0n) is 19.9. The minimum absolute atomic E-state index is 0.128. The van der Waals surface area contributed by atoms with E-state index in [-0.39, 0.29) is 12.5 Å². The first-order chi connectivity index (χ1) is 16.9. The van der Waals surface area contributed by atoms with Crippen LogP contribution in [-0.2, 0) is 20.8 Å². The molecule has 0 aliphatic carbocycles. The summed E-state index contributed by atoms with van der Waals surface area (Å²) in [7, 11) is 0. The average Bonchev–Trinajstić information content (AvgIpc) is 2.86. The molecular formula is C27H28N4O4. The number of benzene rings is 3. The predicted octanol–water partition coefficient (Wildman–Crippen LogP) is 3.97. The van der Waals surface area contributed by atoms with Gasteiger partial charge in [-0.2, -0.15) is 5.10 Å². The highest BCUT2D eigenvalue weighted by Gasteiger charge is 2.15. The maximum Gasteiger partial charge on any atom is 0.329 e. The van der Waals surface area contributed by atoms with E-state index in [4.69, 9.17) is 4.74 Å². The van der Waals surface area contributed by atoms with Gasteiger partial charge < -0.3 is 15.4 Å². The molecule has 3 rings (SSSR count). The summed E-state index contributed by atoms with van der Waals surface area (Å²) < 4.78 is 5.54. The van der Waals surface area contributed by atoms with Gasteiger partial charge in [0.1, 0.15) is 5.75 Å². The van der Waals surface area contributed by atoms with Crippen molar-refractivity contribution >= 4 is 35.3 Å². The van der Waals surface area contributed by atoms with Crippen molar-refractivity contribution in [1.82, 2.24) is 5.43 Å². The van der Waals surface area contributed by atoms with Crippen LogP contribution in [0.2, 0.25) is 0 Å². The molecule has 0 heterocycles. The van der Waals surface area contributed by atoms with Crippen LogP contribution in [0, 0.1) is 13.8 Å². The number of nitrogens with one attached hydrogen (secondary N) is 3. The third-order valence-electron chi connectivity index (χ3n) is 5.23. The highest BCUT2D eigenvalue weighted by atomic mass is 16.5. The third-order valence-corrected chi connectivity index (χ3v) is 5.23. The van der Waals surface area contributed by atoms with Crippen molar-refractivity contribution < 1.29 is 19.1 Å². The molecule has 0 fully saturated rings. The van der Waals surface area contributed by atoms with Crippen LogP contribution >= 0.6 is 0 Å². The molecule has 0 saturated heterocycles. The number of anilines is 2. The molecule has 0 aliphatic rings. The SMILES string of the molecule is CCc1ccccc1NC(=O)COc1ccc(/C=N\NC(=O)C(=O)Nc2c(C)cccc2C)cc1. The second kappa shape index (κ2) is 12.1. The Morgan fingerprint density at radius 1 is 0.857 bits per heavy atom. The van der Waals surface area contributed by atoms with Crippen LogP contribution in [0.25, 0.3) is 0 Å². The Labute approximate surface area is 204 Å².